The van der Waals surface area contributed by atoms with E-state index in [2.05, 4.69) is 0 Å². The summed E-state index contributed by atoms with van der Waals surface area (Å²) in [5.41, 5.74) is 1.26. The Morgan fingerprint density at radius 3 is 2.29 bits per heavy atom. The van der Waals surface area contributed by atoms with Gasteiger partial charge in [0, 0.05) is 11.0 Å². The molecule has 0 aromatic heterocycles. The predicted molar refractivity (Wildman–Crippen MR) is 66.4 cm³/mol. The highest BCUT2D eigenvalue weighted by Crippen LogP contribution is 2.20. The monoisotopic (exact) mass is 254 g/mol. The summed E-state index contributed by atoms with van der Waals surface area (Å²) in [4.78, 5) is 21.1. The number of thioether (sulfide) groups is 1. The Kier molecular flexibility index (Phi) is 5.03. The van der Waals surface area contributed by atoms with E-state index in [1.807, 2.05) is 6.92 Å². The maximum atomic E-state index is 10.6. The summed E-state index contributed by atoms with van der Waals surface area (Å²) in [6, 6.07) is 6.62. The number of carboxylic acids is 2. The van der Waals surface area contributed by atoms with Crippen LogP contribution in [-0.4, -0.2) is 27.4 Å². The van der Waals surface area contributed by atoms with Crippen LogP contribution in [0.25, 0.3) is 0 Å². The molecule has 1 aromatic carbocycles. The zero-order chi connectivity index (χ0) is 12.8. The highest BCUT2D eigenvalue weighted by molar-refractivity contribution is 7.99. The maximum Gasteiger partial charge on any atom is 0.335 e. The molecule has 1 unspecified atom stereocenters. The van der Waals surface area contributed by atoms with Gasteiger partial charge in [0.25, 0.3) is 0 Å². The second kappa shape index (κ2) is 6.30. The summed E-state index contributed by atoms with van der Waals surface area (Å²) >= 11 is 1.54. The van der Waals surface area contributed by atoms with Crippen molar-refractivity contribution in [1.29, 1.82) is 0 Å². The van der Waals surface area contributed by atoms with Crippen molar-refractivity contribution in [3.63, 3.8) is 0 Å². The maximum absolute atomic E-state index is 10.6. The standard InChI is InChI=1S/C12H14O4S/c1-8(6-11(13)14)17-7-9-2-4-10(5-3-9)12(15)16/h2-5,8H,6-7H2,1H3,(H,13,14)(H,15,16). The van der Waals surface area contributed by atoms with Crippen LogP contribution in [0, 0.1) is 0 Å². The first-order chi connectivity index (χ1) is 7.99. The average molecular weight is 254 g/mol. The minimum Gasteiger partial charge on any atom is -0.481 e. The molecular formula is C12H14O4S. The minimum atomic E-state index is -0.941. The van der Waals surface area contributed by atoms with Crippen LogP contribution in [0.5, 0.6) is 0 Å². The Hall–Kier alpha value is -1.49. The molecule has 5 heteroatoms. The third-order valence-electron chi connectivity index (χ3n) is 2.20. The fraction of sp³-hybridized carbons (Fsp3) is 0.333. The van der Waals surface area contributed by atoms with Crippen LogP contribution in [0.4, 0.5) is 0 Å². The van der Waals surface area contributed by atoms with Crippen LogP contribution in [0.3, 0.4) is 0 Å². The fourth-order valence-corrected chi connectivity index (χ4v) is 2.22. The lowest BCUT2D eigenvalue weighted by Gasteiger charge is -2.08. The summed E-state index contributed by atoms with van der Waals surface area (Å²) in [5.74, 6) is -1.05. The Bertz CT molecular complexity index is 399. The van der Waals surface area contributed by atoms with E-state index in [1.165, 1.54) is 0 Å². The van der Waals surface area contributed by atoms with Crippen LogP contribution >= 0.6 is 11.8 Å². The lowest BCUT2D eigenvalue weighted by Crippen LogP contribution is -2.05. The number of benzene rings is 1. The van der Waals surface area contributed by atoms with Gasteiger partial charge in [0.2, 0.25) is 0 Å². The molecule has 0 saturated carbocycles. The topological polar surface area (TPSA) is 74.6 Å². The molecule has 0 spiro atoms. The van der Waals surface area contributed by atoms with Gasteiger partial charge in [-0.3, -0.25) is 4.79 Å². The number of aliphatic carboxylic acids is 1. The summed E-state index contributed by atoms with van der Waals surface area (Å²) in [7, 11) is 0. The third-order valence-corrected chi connectivity index (χ3v) is 3.43. The molecule has 4 nitrogen and oxygen atoms in total. The van der Waals surface area contributed by atoms with Crippen molar-refractivity contribution < 1.29 is 19.8 Å². The Balaban J connectivity index is 2.47. The fourth-order valence-electron chi connectivity index (χ4n) is 1.29. The number of hydrogen-bond donors (Lipinski definition) is 2. The SMILES string of the molecule is CC(CC(=O)O)SCc1ccc(C(=O)O)cc1. The average Bonchev–Trinajstić information content (AvgIpc) is 2.26. The van der Waals surface area contributed by atoms with Gasteiger partial charge >= 0.3 is 11.9 Å². The van der Waals surface area contributed by atoms with E-state index in [-0.39, 0.29) is 17.2 Å². The zero-order valence-corrected chi connectivity index (χ0v) is 10.2. The van der Waals surface area contributed by atoms with Crippen LogP contribution in [0.1, 0.15) is 29.3 Å². The van der Waals surface area contributed by atoms with Gasteiger partial charge < -0.3 is 10.2 Å². The molecule has 1 rings (SSSR count). The smallest absolute Gasteiger partial charge is 0.335 e. The van der Waals surface area contributed by atoms with Gasteiger partial charge in [0.15, 0.2) is 0 Å². The quantitative estimate of drug-likeness (QED) is 0.815. The molecule has 0 aliphatic rings. The van der Waals surface area contributed by atoms with Crippen molar-refractivity contribution in [3.05, 3.63) is 35.4 Å². The molecule has 0 saturated heterocycles. The molecule has 0 bridgehead atoms. The third kappa shape index (κ3) is 4.91. The van der Waals surface area contributed by atoms with Gasteiger partial charge in [-0.15, -0.1) is 0 Å². The molecule has 0 fully saturated rings. The van der Waals surface area contributed by atoms with E-state index >= 15 is 0 Å². The van der Waals surface area contributed by atoms with Crippen molar-refractivity contribution >= 4 is 23.7 Å². The predicted octanol–water partition coefficient (Wildman–Crippen LogP) is 2.48. The first kappa shape index (κ1) is 13.6. The van der Waals surface area contributed by atoms with E-state index in [9.17, 15) is 9.59 Å². The molecule has 0 heterocycles. The Labute approximate surface area is 104 Å². The highest BCUT2D eigenvalue weighted by Gasteiger charge is 2.08. The summed E-state index contributed by atoms with van der Waals surface area (Å²) in [6.45, 7) is 1.87. The van der Waals surface area contributed by atoms with Crippen LogP contribution < -0.4 is 0 Å². The number of hydrogen-bond acceptors (Lipinski definition) is 3. The number of aromatic carboxylic acids is 1. The first-order valence-corrected chi connectivity index (χ1v) is 6.19. The van der Waals surface area contributed by atoms with E-state index in [1.54, 1.807) is 36.0 Å². The van der Waals surface area contributed by atoms with Crippen molar-refractivity contribution in [2.45, 2.75) is 24.3 Å². The molecule has 1 aromatic rings. The zero-order valence-electron chi connectivity index (χ0n) is 9.42. The van der Waals surface area contributed by atoms with Crippen LogP contribution in [0.2, 0.25) is 0 Å². The minimum absolute atomic E-state index is 0.0478. The second-order valence-corrected chi connectivity index (χ2v) is 5.15. The number of rotatable bonds is 6. The Morgan fingerprint density at radius 1 is 1.24 bits per heavy atom. The van der Waals surface area contributed by atoms with E-state index < -0.39 is 11.9 Å². The second-order valence-electron chi connectivity index (χ2n) is 3.72. The molecule has 0 radical (unpaired) electrons. The van der Waals surface area contributed by atoms with E-state index in [0.717, 1.165) is 5.56 Å². The lowest BCUT2D eigenvalue weighted by molar-refractivity contribution is -0.136. The van der Waals surface area contributed by atoms with Gasteiger partial charge in [0.1, 0.15) is 0 Å². The summed E-state index contributed by atoms with van der Waals surface area (Å²) in [6.07, 6.45) is 0.137. The van der Waals surface area contributed by atoms with Crippen molar-refractivity contribution in [2.24, 2.45) is 0 Å². The molecule has 0 aliphatic heterocycles. The molecule has 17 heavy (non-hydrogen) atoms. The normalized spacial score (nSPS) is 12.1. The van der Waals surface area contributed by atoms with E-state index in [4.69, 9.17) is 10.2 Å². The largest absolute Gasteiger partial charge is 0.481 e. The van der Waals surface area contributed by atoms with Gasteiger partial charge in [-0.05, 0) is 17.7 Å². The summed E-state index contributed by atoms with van der Waals surface area (Å²) in [5, 5.41) is 17.4. The van der Waals surface area contributed by atoms with Crippen LogP contribution in [-0.2, 0) is 10.5 Å². The summed E-state index contributed by atoms with van der Waals surface area (Å²) < 4.78 is 0. The van der Waals surface area contributed by atoms with Gasteiger partial charge in [-0.25, -0.2) is 4.79 Å². The van der Waals surface area contributed by atoms with Crippen molar-refractivity contribution in [2.75, 3.05) is 0 Å². The van der Waals surface area contributed by atoms with Gasteiger partial charge in [-0.1, -0.05) is 19.1 Å². The van der Waals surface area contributed by atoms with Gasteiger partial charge in [0.05, 0.1) is 12.0 Å². The lowest BCUT2D eigenvalue weighted by atomic mass is 10.1. The van der Waals surface area contributed by atoms with Crippen LogP contribution in [0.15, 0.2) is 24.3 Å². The molecular weight excluding hydrogens is 240 g/mol. The van der Waals surface area contributed by atoms with Crippen molar-refractivity contribution in [3.8, 4) is 0 Å². The van der Waals surface area contributed by atoms with E-state index in [0.29, 0.717) is 5.75 Å². The first-order valence-electron chi connectivity index (χ1n) is 5.14. The van der Waals surface area contributed by atoms with Crippen molar-refractivity contribution in [1.82, 2.24) is 0 Å². The number of carbonyl (C=O) groups is 2. The molecule has 1 atom stereocenters. The Morgan fingerprint density at radius 2 is 1.82 bits per heavy atom. The number of carboxylic acid groups (broad SMARTS) is 2. The molecule has 0 aliphatic carbocycles. The van der Waals surface area contributed by atoms with Gasteiger partial charge in [-0.2, -0.15) is 11.8 Å². The highest BCUT2D eigenvalue weighted by atomic mass is 32.2. The molecule has 0 amide bonds. The molecule has 92 valence electrons. The molecule has 2 N–H and O–H groups in total.